The maximum atomic E-state index is 13.4. The van der Waals surface area contributed by atoms with Gasteiger partial charge in [0.1, 0.15) is 11.4 Å². The number of benzene rings is 1. The van der Waals surface area contributed by atoms with Crippen molar-refractivity contribution in [3.8, 4) is 0 Å². The zero-order chi connectivity index (χ0) is 13.1. The van der Waals surface area contributed by atoms with Crippen molar-refractivity contribution in [2.75, 3.05) is 6.54 Å². The van der Waals surface area contributed by atoms with Gasteiger partial charge in [0.25, 0.3) is 0 Å². The fourth-order valence-electron chi connectivity index (χ4n) is 1.68. The maximum Gasteiger partial charge on any atom is 0.406 e. The Morgan fingerprint density at radius 3 is 2.24 bits per heavy atom. The number of likely N-dealkylation sites (N-methyl/N-ethyl adjacent to an activating group) is 1. The highest BCUT2D eigenvalue weighted by Gasteiger charge is 2.50. The second-order valence-electron chi connectivity index (χ2n) is 4.13. The summed E-state index contributed by atoms with van der Waals surface area (Å²) >= 11 is 0. The third-order valence-electron chi connectivity index (χ3n) is 2.69. The van der Waals surface area contributed by atoms with E-state index in [0.717, 1.165) is 13.0 Å². The molecule has 1 unspecified atom stereocenters. The summed E-state index contributed by atoms with van der Waals surface area (Å²) in [5, 5.41) is 2.38. The summed E-state index contributed by atoms with van der Waals surface area (Å²) in [6.45, 7) is 2.80. The molecule has 17 heavy (non-hydrogen) atoms. The van der Waals surface area contributed by atoms with Crippen molar-refractivity contribution in [2.24, 2.45) is 0 Å². The smallest absolute Gasteiger partial charge is 0.304 e. The Hall–Kier alpha value is -1.10. The highest BCUT2D eigenvalue weighted by Crippen LogP contribution is 2.33. The molecule has 0 amide bonds. The van der Waals surface area contributed by atoms with Crippen molar-refractivity contribution in [1.82, 2.24) is 5.32 Å². The lowest BCUT2D eigenvalue weighted by Crippen LogP contribution is -2.56. The molecule has 0 aliphatic carbocycles. The van der Waals surface area contributed by atoms with Crippen molar-refractivity contribution < 1.29 is 17.6 Å². The number of rotatable bonds is 4. The van der Waals surface area contributed by atoms with Crippen LogP contribution in [0.4, 0.5) is 17.6 Å². The minimum absolute atomic E-state index is 0.0632. The summed E-state index contributed by atoms with van der Waals surface area (Å²) in [6.07, 6.45) is -4.84. The monoisotopic (exact) mass is 249 g/mol. The van der Waals surface area contributed by atoms with Crippen LogP contribution in [-0.2, 0) is 6.42 Å². The summed E-state index contributed by atoms with van der Waals surface area (Å²) in [5.41, 5.74) is -2.04. The van der Waals surface area contributed by atoms with E-state index in [9.17, 15) is 17.6 Å². The molecule has 1 N–H and O–H groups in total. The third-order valence-corrected chi connectivity index (χ3v) is 2.69. The lowest BCUT2D eigenvalue weighted by molar-refractivity contribution is -0.191. The van der Waals surface area contributed by atoms with Gasteiger partial charge in [-0.1, -0.05) is 25.1 Å². The highest BCUT2D eigenvalue weighted by atomic mass is 19.4. The minimum atomic E-state index is -4.43. The van der Waals surface area contributed by atoms with E-state index in [2.05, 4.69) is 5.32 Å². The van der Waals surface area contributed by atoms with Crippen LogP contribution in [0.5, 0.6) is 0 Å². The average Bonchev–Trinajstić information content (AvgIpc) is 2.20. The maximum absolute atomic E-state index is 13.4. The van der Waals surface area contributed by atoms with Crippen molar-refractivity contribution >= 4 is 0 Å². The zero-order valence-electron chi connectivity index (χ0n) is 9.74. The van der Waals surface area contributed by atoms with Crippen LogP contribution in [0.2, 0.25) is 0 Å². The van der Waals surface area contributed by atoms with Gasteiger partial charge in [-0.05, 0) is 25.1 Å². The largest absolute Gasteiger partial charge is 0.406 e. The van der Waals surface area contributed by atoms with Gasteiger partial charge in [-0.25, -0.2) is 4.39 Å². The third kappa shape index (κ3) is 3.19. The van der Waals surface area contributed by atoms with Gasteiger partial charge >= 0.3 is 6.18 Å². The second-order valence-corrected chi connectivity index (χ2v) is 4.13. The van der Waals surface area contributed by atoms with Gasteiger partial charge in [-0.15, -0.1) is 0 Å². The molecule has 1 aromatic rings. The molecule has 1 nitrogen and oxygen atoms in total. The molecular formula is C12H15F4N. The predicted octanol–water partition coefficient (Wildman–Crippen LogP) is 3.30. The van der Waals surface area contributed by atoms with E-state index < -0.39 is 24.0 Å². The topological polar surface area (TPSA) is 12.0 Å². The Morgan fingerprint density at radius 2 is 1.76 bits per heavy atom. The van der Waals surface area contributed by atoms with E-state index in [1.807, 2.05) is 0 Å². The van der Waals surface area contributed by atoms with Gasteiger partial charge in [-0.3, -0.25) is 0 Å². The number of alkyl halides is 3. The molecular weight excluding hydrogens is 234 g/mol. The van der Waals surface area contributed by atoms with E-state index in [4.69, 9.17) is 0 Å². The van der Waals surface area contributed by atoms with Crippen LogP contribution in [0.15, 0.2) is 24.3 Å². The van der Waals surface area contributed by atoms with Crippen molar-refractivity contribution in [3.63, 3.8) is 0 Å². The summed E-state index contributed by atoms with van der Waals surface area (Å²) in [6, 6.07) is 5.52. The Balaban J connectivity index is 2.99. The van der Waals surface area contributed by atoms with E-state index >= 15 is 0 Å². The molecule has 0 aliphatic rings. The predicted molar refractivity (Wildman–Crippen MR) is 58.2 cm³/mol. The molecule has 0 saturated heterocycles. The van der Waals surface area contributed by atoms with Gasteiger partial charge in [0.2, 0.25) is 0 Å². The van der Waals surface area contributed by atoms with Crippen LogP contribution in [0.3, 0.4) is 0 Å². The molecule has 0 heterocycles. The van der Waals surface area contributed by atoms with Crippen LogP contribution >= 0.6 is 0 Å². The molecule has 1 rings (SSSR count). The SMILES string of the molecule is CCNC(C)(Cc1ccccc1F)C(F)(F)F. The Morgan fingerprint density at radius 1 is 1.18 bits per heavy atom. The zero-order valence-corrected chi connectivity index (χ0v) is 9.74. The van der Waals surface area contributed by atoms with Crippen LogP contribution in [0, 0.1) is 5.82 Å². The van der Waals surface area contributed by atoms with E-state index in [1.54, 1.807) is 6.92 Å². The van der Waals surface area contributed by atoms with E-state index in [0.29, 0.717) is 0 Å². The minimum Gasteiger partial charge on any atom is -0.304 e. The van der Waals surface area contributed by atoms with Crippen LogP contribution in [0.25, 0.3) is 0 Å². The molecule has 5 heteroatoms. The molecule has 0 spiro atoms. The van der Waals surface area contributed by atoms with E-state index in [1.165, 1.54) is 18.2 Å². The second kappa shape index (κ2) is 5.04. The molecule has 0 radical (unpaired) electrons. The molecule has 0 aromatic heterocycles. The van der Waals surface area contributed by atoms with Gasteiger partial charge < -0.3 is 5.32 Å². The number of nitrogens with one attached hydrogen (secondary N) is 1. The fraction of sp³-hybridized carbons (Fsp3) is 0.500. The fourth-order valence-corrected chi connectivity index (χ4v) is 1.68. The first-order valence-corrected chi connectivity index (χ1v) is 5.35. The molecule has 0 fully saturated rings. The molecule has 1 aromatic carbocycles. The van der Waals surface area contributed by atoms with Gasteiger partial charge in [0.15, 0.2) is 0 Å². The first-order chi connectivity index (χ1) is 7.80. The standard InChI is InChI=1S/C12H15F4N/c1-3-17-11(2,12(14,15)16)8-9-6-4-5-7-10(9)13/h4-7,17H,3,8H2,1-2H3. The van der Waals surface area contributed by atoms with Crippen molar-refractivity contribution in [2.45, 2.75) is 32.0 Å². The lowest BCUT2D eigenvalue weighted by Gasteiger charge is -2.33. The first kappa shape index (κ1) is 14.0. The quantitative estimate of drug-likeness (QED) is 0.807. The van der Waals surface area contributed by atoms with E-state index in [-0.39, 0.29) is 12.1 Å². The van der Waals surface area contributed by atoms with Gasteiger partial charge in [0.05, 0.1) is 0 Å². The number of halogens is 4. The summed E-state index contributed by atoms with van der Waals surface area (Å²) in [7, 11) is 0. The average molecular weight is 249 g/mol. The lowest BCUT2D eigenvalue weighted by atomic mass is 9.91. The summed E-state index contributed by atoms with van der Waals surface area (Å²) < 4.78 is 52.1. The Bertz CT molecular complexity index is 375. The Kier molecular flexibility index (Phi) is 4.14. The van der Waals surface area contributed by atoms with Crippen LogP contribution in [0.1, 0.15) is 19.4 Å². The first-order valence-electron chi connectivity index (χ1n) is 5.35. The molecule has 1 atom stereocenters. The molecule has 0 bridgehead atoms. The van der Waals surface area contributed by atoms with Crippen molar-refractivity contribution in [3.05, 3.63) is 35.6 Å². The van der Waals surface area contributed by atoms with Crippen LogP contribution in [-0.4, -0.2) is 18.3 Å². The van der Waals surface area contributed by atoms with Gasteiger partial charge in [0, 0.05) is 6.42 Å². The summed E-state index contributed by atoms with van der Waals surface area (Å²) in [5.74, 6) is -0.610. The van der Waals surface area contributed by atoms with Gasteiger partial charge in [-0.2, -0.15) is 13.2 Å². The van der Waals surface area contributed by atoms with Crippen LogP contribution < -0.4 is 5.32 Å². The Labute approximate surface area is 97.8 Å². The number of hydrogen-bond donors (Lipinski definition) is 1. The molecule has 96 valence electrons. The van der Waals surface area contributed by atoms with Crippen molar-refractivity contribution in [1.29, 1.82) is 0 Å². The number of hydrogen-bond acceptors (Lipinski definition) is 1. The summed E-state index contributed by atoms with van der Waals surface area (Å²) in [4.78, 5) is 0. The highest BCUT2D eigenvalue weighted by molar-refractivity contribution is 5.20. The molecule has 0 saturated carbocycles. The normalized spacial score (nSPS) is 15.6. The molecule has 0 aliphatic heterocycles.